The van der Waals surface area contributed by atoms with Crippen LogP contribution < -0.4 is 5.32 Å². The molecular weight excluding hydrogens is 220 g/mol. The van der Waals surface area contributed by atoms with Crippen molar-refractivity contribution >= 4 is 0 Å². The summed E-state index contributed by atoms with van der Waals surface area (Å²) >= 11 is 0. The maximum absolute atomic E-state index is 3.51. The predicted octanol–water partition coefficient (Wildman–Crippen LogP) is 3.66. The summed E-state index contributed by atoms with van der Waals surface area (Å²) in [7, 11) is 2.34. The molecule has 108 valence electrons. The number of nitrogens with one attached hydrogen (secondary N) is 1. The van der Waals surface area contributed by atoms with Crippen LogP contribution in [-0.4, -0.2) is 36.6 Å². The standard InChI is InChI=1S/C16H34N2/c1-13(2)17-11-7-9-15(4)18(5)16-10-6-8-14(3)12-16/h13-17H,6-12H2,1-5H3. The van der Waals surface area contributed by atoms with Crippen LogP contribution in [0.2, 0.25) is 0 Å². The van der Waals surface area contributed by atoms with Gasteiger partial charge in [-0.3, -0.25) is 0 Å². The fourth-order valence-electron chi connectivity index (χ4n) is 3.12. The van der Waals surface area contributed by atoms with E-state index in [-0.39, 0.29) is 0 Å². The van der Waals surface area contributed by atoms with Gasteiger partial charge >= 0.3 is 0 Å². The van der Waals surface area contributed by atoms with Gasteiger partial charge in [0.25, 0.3) is 0 Å². The summed E-state index contributed by atoms with van der Waals surface area (Å²) in [5, 5.41) is 3.51. The van der Waals surface area contributed by atoms with Crippen molar-refractivity contribution in [3.8, 4) is 0 Å². The largest absolute Gasteiger partial charge is 0.315 e. The lowest BCUT2D eigenvalue weighted by Crippen LogP contribution is -2.41. The predicted molar refractivity (Wildman–Crippen MR) is 81.0 cm³/mol. The molecule has 0 aromatic carbocycles. The minimum absolute atomic E-state index is 0.622. The maximum Gasteiger partial charge on any atom is 0.00975 e. The molecule has 1 N–H and O–H groups in total. The van der Waals surface area contributed by atoms with E-state index in [0.29, 0.717) is 6.04 Å². The first-order valence-electron chi connectivity index (χ1n) is 7.96. The highest BCUT2D eigenvalue weighted by Crippen LogP contribution is 2.28. The summed E-state index contributed by atoms with van der Waals surface area (Å²) in [6.07, 6.45) is 8.31. The van der Waals surface area contributed by atoms with E-state index >= 15 is 0 Å². The molecule has 1 aliphatic carbocycles. The second-order valence-electron chi connectivity index (χ2n) is 6.69. The van der Waals surface area contributed by atoms with Gasteiger partial charge < -0.3 is 10.2 Å². The lowest BCUT2D eigenvalue weighted by atomic mass is 9.86. The lowest BCUT2D eigenvalue weighted by Gasteiger charge is -2.37. The second kappa shape index (κ2) is 8.16. The summed E-state index contributed by atoms with van der Waals surface area (Å²) in [5.41, 5.74) is 0. The van der Waals surface area contributed by atoms with Crippen molar-refractivity contribution in [2.24, 2.45) is 5.92 Å². The molecule has 0 radical (unpaired) electrons. The molecule has 3 atom stereocenters. The molecule has 0 amide bonds. The van der Waals surface area contributed by atoms with Crippen molar-refractivity contribution < 1.29 is 0 Å². The van der Waals surface area contributed by atoms with Gasteiger partial charge in [0.15, 0.2) is 0 Å². The average Bonchev–Trinajstić information content (AvgIpc) is 2.33. The zero-order chi connectivity index (χ0) is 13.5. The Kier molecular flexibility index (Phi) is 7.25. The van der Waals surface area contributed by atoms with Gasteiger partial charge in [-0.25, -0.2) is 0 Å². The molecule has 0 aromatic rings. The molecule has 0 saturated heterocycles. The summed E-state index contributed by atoms with van der Waals surface area (Å²) in [5.74, 6) is 0.931. The Hall–Kier alpha value is -0.0800. The number of hydrogen-bond donors (Lipinski definition) is 1. The van der Waals surface area contributed by atoms with E-state index in [1.165, 1.54) is 38.5 Å². The van der Waals surface area contributed by atoms with Crippen LogP contribution in [0.4, 0.5) is 0 Å². The van der Waals surface area contributed by atoms with E-state index in [0.717, 1.165) is 24.5 Å². The maximum atomic E-state index is 3.51. The van der Waals surface area contributed by atoms with Gasteiger partial charge in [-0.2, -0.15) is 0 Å². The number of nitrogens with zero attached hydrogens (tertiary/aromatic N) is 1. The highest BCUT2D eigenvalue weighted by molar-refractivity contribution is 4.80. The topological polar surface area (TPSA) is 15.3 Å². The van der Waals surface area contributed by atoms with E-state index < -0.39 is 0 Å². The number of rotatable bonds is 7. The fourth-order valence-corrected chi connectivity index (χ4v) is 3.12. The molecule has 0 aromatic heterocycles. The summed E-state index contributed by atoms with van der Waals surface area (Å²) in [4.78, 5) is 2.64. The minimum Gasteiger partial charge on any atom is -0.315 e. The average molecular weight is 254 g/mol. The molecule has 1 rings (SSSR count). The Balaban J connectivity index is 2.21. The molecule has 0 aliphatic heterocycles. The molecule has 0 heterocycles. The smallest absolute Gasteiger partial charge is 0.00975 e. The Labute approximate surface area is 115 Å². The molecule has 18 heavy (non-hydrogen) atoms. The lowest BCUT2D eigenvalue weighted by molar-refractivity contribution is 0.120. The quantitative estimate of drug-likeness (QED) is 0.698. The molecule has 1 saturated carbocycles. The third-order valence-electron chi connectivity index (χ3n) is 4.53. The van der Waals surface area contributed by atoms with E-state index in [4.69, 9.17) is 0 Å². The van der Waals surface area contributed by atoms with Crippen LogP contribution in [-0.2, 0) is 0 Å². The van der Waals surface area contributed by atoms with Gasteiger partial charge in [0.1, 0.15) is 0 Å². The highest BCUT2D eigenvalue weighted by Gasteiger charge is 2.24. The van der Waals surface area contributed by atoms with Crippen LogP contribution in [0.3, 0.4) is 0 Å². The molecule has 2 nitrogen and oxygen atoms in total. The molecule has 2 heteroatoms. The van der Waals surface area contributed by atoms with Gasteiger partial charge in [0, 0.05) is 18.1 Å². The minimum atomic E-state index is 0.622. The fraction of sp³-hybridized carbons (Fsp3) is 1.00. The van der Waals surface area contributed by atoms with Crippen molar-refractivity contribution in [2.45, 2.75) is 84.3 Å². The summed E-state index contributed by atoms with van der Waals surface area (Å²) in [6.45, 7) is 10.4. The first kappa shape index (κ1) is 16.0. The monoisotopic (exact) mass is 254 g/mol. The third-order valence-corrected chi connectivity index (χ3v) is 4.53. The Bertz CT molecular complexity index is 215. The van der Waals surface area contributed by atoms with Crippen molar-refractivity contribution in [3.63, 3.8) is 0 Å². The van der Waals surface area contributed by atoms with Crippen molar-refractivity contribution in [1.29, 1.82) is 0 Å². The summed E-state index contributed by atoms with van der Waals surface area (Å²) < 4.78 is 0. The van der Waals surface area contributed by atoms with Gasteiger partial charge in [-0.05, 0) is 52.1 Å². The Morgan fingerprint density at radius 2 is 1.94 bits per heavy atom. The van der Waals surface area contributed by atoms with Crippen molar-refractivity contribution in [3.05, 3.63) is 0 Å². The first-order valence-corrected chi connectivity index (χ1v) is 7.96. The normalized spacial score (nSPS) is 26.8. The molecule has 1 fully saturated rings. The molecule has 3 unspecified atom stereocenters. The zero-order valence-electron chi connectivity index (χ0n) is 13.2. The molecule has 0 spiro atoms. The van der Waals surface area contributed by atoms with Gasteiger partial charge in [0.2, 0.25) is 0 Å². The van der Waals surface area contributed by atoms with Crippen LogP contribution in [0, 0.1) is 5.92 Å². The SMILES string of the molecule is CC1CCCC(N(C)C(C)CCCNC(C)C)C1. The molecule has 0 bridgehead atoms. The highest BCUT2D eigenvalue weighted by atomic mass is 15.2. The van der Waals surface area contributed by atoms with Crippen LogP contribution in [0.15, 0.2) is 0 Å². The van der Waals surface area contributed by atoms with Crippen LogP contribution in [0.1, 0.15) is 66.2 Å². The van der Waals surface area contributed by atoms with Gasteiger partial charge in [0.05, 0.1) is 0 Å². The molecular formula is C16H34N2. The van der Waals surface area contributed by atoms with Crippen molar-refractivity contribution in [2.75, 3.05) is 13.6 Å². The van der Waals surface area contributed by atoms with Gasteiger partial charge in [-0.1, -0.05) is 33.6 Å². The number of hydrogen-bond acceptors (Lipinski definition) is 2. The second-order valence-corrected chi connectivity index (χ2v) is 6.69. The zero-order valence-corrected chi connectivity index (χ0v) is 13.2. The van der Waals surface area contributed by atoms with E-state index in [9.17, 15) is 0 Å². The van der Waals surface area contributed by atoms with Crippen molar-refractivity contribution in [1.82, 2.24) is 10.2 Å². The first-order chi connectivity index (χ1) is 8.50. The van der Waals surface area contributed by atoms with E-state index in [2.05, 4.69) is 45.0 Å². The van der Waals surface area contributed by atoms with E-state index in [1.807, 2.05) is 0 Å². The van der Waals surface area contributed by atoms with Crippen LogP contribution >= 0.6 is 0 Å². The Morgan fingerprint density at radius 1 is 1.22 bits per heavy atom. The van der Waals surface area contributed by atoms with E-state index in [1.54, 1.807) is 0 Å². The summed E-state index contributed by atoms with van der Waals surface area (Å²) in [6, 6.07) is 2.19. The third kappa shape index (κ3) is 5.71. The van der Waals surface area contributed by atoms with Crippen LogP contribution in [0.5, 0.6) is 0 Å². The van der Waals surface area contributed by atoms with Crippen LogP contribution in [0.25, 0.3) is 0 Å². The van der Waals surface area contributed by atoms with Gasteiger partial charge in [-0.15, -0.1) is 0 Å². The molecule has 1 aliphatic rings. The Morgan fingerprint density at radius 3 is 2.56 bits per heavy atom.